The molecular formula is C13H17FN6O6S. The third-order valence-electron chi connectivity index (χ3n) is 3.90. The van der Waals surface area contributed by atoms with Gasteiger partial charge in [-0.05, 0) is 11.6 Å². The van der Waals surface area contributed by atoms with Crippen molar-refractivity contribution in [1.82, 2.24) is 9.55 Å². The van der Waals surface area contributed by atoms with E-state index in [0.717, 1.165) is 10.8 Å². The Bertz CT molecular complexity index is 804. The smallest absolute Gasteiger partial charge is 0.351 e. The first-order chi connectivity index (χ1) is 12.8. The molecule has 2 heterocycles. The largest absolute Gasteiger partial charge is 0.467 e. The predicted octanol–water partition coefficient (Wildman–Crippen LogP) is -0.647. The normalized spacial score (nSPS) is 28.3. The van der Waals surface area contributed by atoms with Gasteiger partial charge in [-0.15, -0.1) is 0 Å². The number of azide groups is 1. The molecule has 0 amide bonds. The van der Waals surface area contributed by atoms with Crippen molar-refractivity contribution in [2.45, 2.75) is 30.3 Å². The maximum absolute atomic E-state index is 14.4. The van der Waals surface area contributed by atoms with E-state index in [-0.39, 0.29) is 11.6 Å². The highest BCUT2D eigenvalue weighted by molar-refractivity contribution is 7.80. The number of aromatic nitrogens is 2. The van der Waals surface area contributed by atoms with Crippen molar-refractivity contribution < 1.29 is 28.9 Å². The number of nitrogens with zero attached hydrogens (tertiary/aromatic N) is 5. The number of rotatable bonds is 7. The molecule has 0 aromatic carbocycles. The Hall–Kier alpha value is -2.38. The van der Waals surface area contributed by atoms with Gasteiger partial charge < -0.3 is 25.0 Å². The molecule has 1 aliphatic heterocycles. The number of hydrogen-bond acceptors (Lipinski definition) is 10. The standard InChI is InChI=1S/C13H17FN6O6S/c1-25-11(23)6(4-27)16-7-2-3-20(12(24)17-7)10-8(14)9(22)13(5-21,26-10)18-19-15/h2-3,6,8-10,21-22,27H,4-5H2,1H3,(H,16,17,24)/t6-,8-,9-,10+,13+/m0/s1. The van der Waals surface area contributed by atoms with Gasteiger partial charge in [0.25, 0.3) is 0 Å². The van der Waals surface area contributed by atoms with E-state index >= 15 is 0 Å². The first-order valence-electron chi connectivity index (χ1n) is 7.55. The molecule has 14 heteroatoms. The van der Waals surface area contributed by atoms with E-state index in [4.69, 9.17) is 10.3 Å². The molecule has 0 spiro atoms. The van der Waals surface area contributed by atoms with Crippen LogP contribution in [0.25, 0.3) is 10.4 Å². The summed E-state index contributed by atoms with van der Waals surface area (Å²) in [6, 6.07) is 0.391. The van der Waals surface area contributed by atoms with Crippen LogP contribution in [-0.2, 0) is 14.3 Å². The maximum Gasteiger partial charge on any atom is 0.351 e. The first kappa shape index (κ1) is 20.9. The molecule has 1 aromatic heterocycles. The fourth-order valence-corrected chi connectivity index (χ4v) is 2.71. The van der Waals surface area contributed by atoms with Crippen molar-refractivity contribution in [3.63, 3.8) is 0 Å². The second-order valence-electron chi connectivity index (χ2n) is 5.50. The van der Waals surface area contributed by atoms with Crippen LogP contribution in [0.2, 0.25) is 0 Å². The molecule has 3 N–H and O–H groups in total. The van der Waals surface area contributed by atoms with Crippen LogP contribution < -0.4 is 11.0 Å². The van der Waals surface area contributed by atoms with Crippen molar-refractivity contribution in [3.05, 3.63) is 33.2 Å². The van der Waals surface area contributed by atoms with Gasteiger partial charge in [-0.1, -0.05) is 5.11 Å². The number of alkyl halides is 1. The minimum atomic E-state index is -2.27. The van der Waals surface area contributed by atoms with E-state index in [1.54, 1.807) is 0 Å². The number of carbonyl (C=O) groups is 1. The highest BCUT2D eigenvalue weighted by Gasteiger charge is 2.56. The second-order valence-corrected chi connectivity index (χ2v) is 5.86. The number of aliphatic hydroxyl groups excluding tert-OH is 2. The van der Waals surface area contributed by atoms with E-state index in [2.05, 4.69) is 37.7 Å². The number of nitrogens with one attached hydrogen (secondary N) is 1. The van der Waals surface area contributed by atoms with E-state index in [1.807, 2.05) is 0 Å². The Morgan fingerprint density at radius 2 is 2.44 bits per heavy atom. The molecule has 12 nitrogen and oxygen atoms in total. The number of thiol groups is 1. The van der Waals surface area contributed by atoms with Crippen LogP contribution in [0.3, 0.4) is 0 Å². The van der Waals surface area contributed by atoms with E-state index < -0.39 is 48.5 Å². The fourth-order valence-electron chi connectivity index (χ4n) is 2.47. The quantitative estimate of drug-likeness (QED) is 0.153. The number of esters is 1. The third kappa shape index (κ3) is 3.99. The molecule has 1 fully saturated rings. The number of hydrogen-bond donors (Lipinski definition) is 4. The van der Waals surface area contributed by atoms with E-state index in [0.29, 0.717) is 0 Å². The van der Waals surface area contributed by atoms with Gasteiger partial charge in [-0.2, -0.15) is 17.6 Å². The maximum atomic E-state index is 14.4. The Morgan fingerprint density at radius 3 is 2.96 bits per heavy atom. The Morgan fingerprint density at radius 1 is 1.74 bits per heavy atom. The highest BCUT2D eigenvalue weighted by atomic mass is 32.1. The Labute approximate surface area is 157 Å². The molecule has 5 atom stereocenters. The molecule has 1 saturated heterocycles. The van der Waals surface area contributed by atoms with Gasteiger partial charge in [0.1, 0.15) is 18.0 Å². The van der Waals surface area contributed by atoms with Crippen LogP contribution in [0.4, 0.5) is 10.2 Å². The molecular weight excluding hydrogens is 387 g/mol. The summed E-state index contributed by atoms with van der Waals surface area (Å²) in [6.45, 7) is -1.00. The minimum absolute atomic E-state index is 0.00174. The van der Waals surface area contributed by atoms with E-state index in [9.17, 15) is 24.2 Å². The summed E-state index contributed by atoms with van der Waals surface area (Å²) < 4.78 is 24.9. The van der Waals surface area contributed by atoms with Crippen molar-refractivity contribution in [2.75, 3.05) is 24.8 Å². The SMILES string of the molecule is COC(=O)[C@H](CS)Nc1ccn([C@@H]2O[C@@](CO)(N=[N+]=[N-])[C@@H](O)[C@@H]2F)c(=O)n1. The predicted molar refractivity (Wildman–Crippen MR) is 91.8 cm³/mol. The summed E-state index contributed by atoms with van der Waals surface area (Å²) in [5, 5.41) is 25.0. The number of ether oxygens (including phenoxy) is 2. The van der Waals surface area contributed by atoms with Gasteiger partial charge in [-0.3, -0.25) is 4.57 Å². The van der Waals surface area contributed by atoms with Crippen LogP contribution in [-0.4, -0.2) is 69.2 Å². The first-order valence-corrected chi connectivity index (χ1v) is 8.18. The molecule has 0 bridgehead atoms. The van der Waals surface area contributed by atoms with Gasteiger partial charge >= 0.3 is 11.7 Å². The number of carbonyl (C=O) groups excluding carboxylic acids is 1. The van der Waals surface area contributed by atoms with Gasteiger partial charge in [-0.25, -0.2) is 14.0 Å². The van der Waals surface area contributed by atoms with Gasteiger partial charge in [0, 0.05) is 16.9 Å². The third-order valence-corrected chi connectivity index (χ3v) is 4.26. The molecule has 0 saturated carbocycles. The summed E-state index contributed by atoms with van der Waals surface area (Å²) in [7, 11) is 1.19. The van der Waals surface area contributed by atoms with E-state index in [1.165, 1.54) is 13.2 Å². The van der Waals surface area contributed by atoms with Crippen molar-refractivity contribution in [3.8, 4) is 0 Å². The van der Waals surface area contributed by atoms with Crippen molar-refractivity contribution in [1.29, 1.82) is 0 Å². The molecule has 0 radical (unpaired) electrons. The van der Waals surface area contributed by atoms with Crippen molar-refractivity contribution in [2.24, 2.45) is 5.11 Å². The summed E-state index contributed by atoms with van der Waals surface area (Å²) in [5.41, 5.74) is 5.31. The zero-order valence-corrected chi connectivity index (χ0v) is 14.9. The molecule has 2 rings (SSSR count). The summed E-state index contributed by atoms with van der Waals surface area (Å²) in [4.78, 5) is 29.9. The monoisotopic (exact) mass is 404 g/mol. The summed E-state index contributed by atoms with van der Waals surface area (Å²) in [6.07, 6.45) is -4.76. The molecule has 27 heavy (non-hydrogen) atoms. The highest BCUT2D eigenvalue weighted by Crippen LogP contribution is 2.39. The average Bonchev–Trinajstić information content (AvgIpc) is 2.91. The van der Waals surface area contributed by atoms with Gasteiger partial charge in [0.15, 0.2) is 12.4 Å². The second kappa shape index (κ2) is 8.54. The van der Waals surface area contributed by atoms with Crippen LogP contribution >= 0.6 is 12.6 Å². The van der Waals surface area contributed by atoms with Crippen LogP contribution in [0.5, 0.6) is 0 Å². The van der Waals surface area contributed by atoms with Crippen molar-refractivity contribution >= 4 is 24.4 Å². The molecule has 0 aliphatic carbocycles. The molecule has 0 unspecified atom stereocenters. The minimum Gasteiger partial charge on any atom is -0.467 e. The summed E-state index contributed by atoms with van der Waals surface area (Å²) in [5.74, 6) is -0.560. The van der Waals surface area contributed by atoms with Crippen LogP contribution in [0.1, 0.15) is 6.23 Å². The number of halogens is 1. The summed E-state index contributed by atoms with van der Waals surface area (Å²) >= 11 is 3.99. The van der Waals surface area contributed by atoms with Gasteiger partial charge in [0.2, 0.25) is 5.72 Å². The lowest BCUT2D eigenvalue weighted by Crippen LogP contribution is -2.43. The van der Waals surface area contributed by atoms with Crippen LogP contribution in [0, 0.1) is 0 Å². The number of aliphatic hydroxyl groups is 2. The average molecular weight is 404 g/mol. The molecule has 148 valence electrons. The zero-order chi connectivity index (χ0) is 20.2. The lowest BCUT2D eigenvalue weighted by molar-refractivity contribution is -0.140. The lowest BCUT2D eigenvalue weighted by atomic mass is 10.1. The topological polar surface area (TPSA) is 172 Å². The number of methoxy groups -OCH3 is 1. The number of anilines is 1. The fraction of sp³-hybridized carbons (Fsp3) is 0.615. The lowest BCUT2D eigenvalue weighted by Gasteiger charge is -2.23. The van der Waals surface area contributed by atoms with Crippen LogP contribution in [0.15, 0.2) is 22.2 Å². The molecule has 1 aliphatic rings. The zero-order valence-electron chi connectivity index (χ0n) is 14.0. The van der Waals surface area contributed by atoms with Gasteiger partial charge in [0.05, 0.1) is 13.7 Å². The Kier molecular flexibility index (Phi) is 6.62. The molecule has 1 aromatic rings. The Balaban J connectivity index is 2.29.